The molecule has 0 saturated carbocycles. The number of benzene rings is 1. The summed E-state index contributed by atoms with van der Waals surface area (Å²) in [6.45, 7) is 5.69. The van der Waals surface area contributed by atoms with Gasteiger partial charge in [-0.25, -0.2) is 4.98 Å². The van der Waals surface area contributed by atoms with Gasteiger partial charge in [0.2, 0.25) is 11.9 Å². The summed E-state index contributed by atoms with van der Waals surface area (Å²) in [6.07, 6.45) is 3.64. The van der Waals surface area contributed by atoms with Crippen LogP contribution in [0.2, 0.25) is 0 Å². The molecule has 7 nitrogen and oxygen atoms in total. The third-order valence-electron chi connectivity index (χ3n) is 3.46. The van der Waals surface area contributed by atoms with Crippen molar-refractivity contribution in [3.8, 4) is 5.75 Å². The monoisotopic (exact) mass is 358 g/mol. The zero-order chi connectivity index (χ0) is 18.6. The molecule has 0 radical (unpaired) electrons. The molecule has 1 aromatic heterocycles. The third-order valence-corrected chi connectivity index (χ3v) is 3.46. The summed E-state index contributed by atoms with van der Waals surface area (Å²) in [5.41, 5.74) is 1.12. The quantitative estimate of drug-likeness (QED) is 0.600. The maximum Gasteiger partial charge on any atom is 0.231 e. The first-order chi connectivity index (χ1) is 12.7. The number of amides is 1. The van der Waals surface area contributed by atoms with E-state index in [9.17, 15) is 4.79 Å². The number of aromatic nitrogens is 2. The highest BCUT2D eigenvalue weighted by Crippen LogP contribution is 2.22. The van der Waals surface area contributed by atoms with E-state index in [0.717, 1.165) is 24.9 Å². The maximum atomic E-state index is 11.2. The van der Waals surface area contributed by atoms with Crippen LogP contribution in [-0.4, -0.2) is 35.6 Å². The van der Waals surface area contributed by atoms with Gasteiger partial charge in [-0.2, -0.15) is 4.98 Å². The maximum absolute atomic E-state index is 11.2. The van der Waals surface area contributed by atoms with Crippen LogP contribution in [0.4, 0.5) is 11.8 Å². The summed E-state index contributed by atoms with van der Waals surface area (Å²) in [5.74, 6) is 1.15. The van der Waals surface area contributed by atoms with Crippen molar-refractivity contribution in [2.24, 2.45) is 0 Å². The smallest absolute Gasteiger partial charge is 0.231 e. The highest BCUT2D eigenvalue weighted by Gasteiger charge is 2.09. The lowest BCUT2D eigenvalue weighted by Crippen LogP contribution is -2.14. The van der Waals surface area contributed by atoms with Gasteiger partial charge in [-0.1, -0.05) is 43.7 Å². The van der Waals surface area contributed by atoms with Gasteiger partial charge in [0.1, 0.15) is 6.61 Å². The molecule has 7 heteroatoms. The standard InChI is InChI=1S/C19H26N4O3/c1-3-4-10-20-18-17(13-21-19(23-18)22-15(2)24)26-12-11-25-14-16-8-6-5-7-9-16/h5-9,13H,3-4,10-12,14H2,1-2H3,(H2,20,21,22,23,24). The molecule has 140 valence electrons. The van der Waals surface area contributed by atoms with Crippen molar-refractivity contribution in [1.29, 1.82) is 0 Å². The number of anilines is 2. The minimum atomic E-state index is -0.215. The van der Waals surface area contributed by atoms with Gasteiger partial charge in [0.05, 0.1) is 19.4 Å². The summed E-state index contributed by atoms with van der Waals surface area (Å²) in [4.78, 5) is 19.6. The molecule has 2 aromatic rings. The van der Waals surface area contributed by atoms with Gasteiger partial charge in [-0.15, -0.1) is 0 Å². The van der Waals surface area contributed by atoms with Gasteiger partial charge in [-0.05, 0) is 12.0 Å². The van der Waals surface area contributed by atoms with Crippen LogP contribution in [-0.2, 0) is 16.1 Å². The number of hydrogen-bond acceptors (Lipinski definition) is 6. The second-order valence-corrected chi connectivity index (χ2v) is 5.75. The van der Waals surface area contributed by atoms with Gasteiger partial charge in [0.15, 0.2) is 11.6 Å². The Kier molecular flexibility index (Phi) is 8.35. The molecule has 0 unspecified atom stereocenters. The Morgan fingerprint density at radius 1 is 1.19 bits per heavy atom. The molecule has 2 N–H and O–H groups in total. The summed E-state index contributed by atoms with van der Waals surface area (Å²) in [6, 6.07) is 9.98. The fourth-order valence-corrected chi connectivity index (χ4v) is 2.18. The summed E-state index contributed by atoms with van der Waals surface area (Å²) in [5, 5.41) is 5.80. The first-order valence-corrected chi connectivity index (χ1v) is 8.82. The molecule has 0 bridgehead atoms. The average Bonchev–Trinajstić information content (AvgIpc) is 2.63. The number of nitrogens with zero attached hydrogens (tertiary/aromatic N) is 2. The van der Waals surface area contributed by atoms with Crippen LogP contribution < -0.4 is 15.4 Å². The van der Waals surface area contributed by atoms with Crippen LogP contribution in [0.5, 0.6) is 5.75 Å². The lowest BCUT2D eigenvalue weighted by molar-refractivity contribution is -0.114. The zero-order valence-corrected chi connectivity index (χ0v) is 15.3. The molecule has 0 aliphatic carbocycles. The molecular weight excluding hydrogens is 332 g/mol. The summed E-state index contributed by atoms with van der Waals surface area (Å²) < 4.78 is 11.4. The van der Waals surface area contributed by atoms with Crippen molar-refractivity contribution in [1.82, 2.24) is 9.97 Å². The molecule has 1 heterocycles. The van der Waals surface area contributed by atoms with Gasteiger partial charge in [0, 0.05) is 13.5 Å². The molecule has 2 rings (SSSR count). The lowest BCUT2D eigenvalue weighted by atomic mass is 10.2. The Bertz CT molecular complexity index is 680. The molecule has 26 heavy (non-hydrogen) atoms. The summed E-state index contributed by atoms with van der Waals surface area (Å²) in [7, 11) is 0. The molecule has 0 aliphatic heterocycles. The Hall–Kier alpha value is -2.67. The van der Waals surface area contributed by atoms with Crippen LogP contribution in [0.15, 0.2) is 36.5 Å². The number of ether oxygens (including phenoxy) is 2. The van der Waals surface area contributed by atoms with Crippen molar-refractivity contribution >= 4 is 17.7 Å². The van der Waals surface area contributed by atoms with Gasteiger partial charge in [-0.3, -0.25) is 10.1 Å². The minimum Gasteiger partial charge on any atom is -0.486 e. The number of unbranched alkanes of at least 4 members (excludes halogenated alkanes) is 1. The van der Waals surface area contributed by atoms with Crippen molar-refractivity contribution in [2.75, 3.05) is 30.4 Å². The first-order valence-electron chi connectivity index (χ1n) is 8.82. The van der Waals surface area contributed by atoms with Crippen molar-refractivity contribution in [3.63, 3.8) is 0 Å². The normalized spacial score (nSPS) is 10.4. The number of nitrogens with one attached hydrogen (secondary N) is 2. The second-order valence-electron chi connectivity index (χ2n) is 5.75. The van der Waals surface area contributed by atoms with E-state index in [2.05, 4.69) is 27.5 Å². The Balaban J connectivity index is 1.86. The van der Waals surface area contributed by atoms with E-state index in [4.69, 9.17) is 9.47 Å². The van der Waals surface area contributed by atoms with Gasteiger partial charge >= 0.3 is 0 Å². The molecule has 0 aliphatic rings. The number of rotatable bonds is 11. The highest BCUT2D eigenvalue weighted by atomic mass is 16.5. The second kappa shape index (κ2) is 11.0. The highest BCUT2D eigenvalue weighted by molar-refractivity contribution is 5.86. The Morgan fingerprint density at radius 2 is 2.00 bits per heavy atom. The molecule has 0 fully saturated rings. The van der Waals surface area contributed by atoms with E-state index >= 15 is 0 Å². The fraction of sp³-hybridized carbons (Fsp3) is 0.421. The van der Waals surface area contributed by atoms with Crippen LogP contribution in [0.3, 0.4) is 0 Å². The van der Waals surface area contributed by atoms with E-state index in [1.807, 2.05) is 30.3 Å². The third kappa shape index (κ3) is 7.06. The SMILES string of the molecule is CCCCNc1nc(NC(C)=O)ncc1OCCOCc1ccccc1. The van der Waals surface area contributed by atoms with Crippen molar-refractivity contribution < 1.29 is 14.3 Å². The average molecular weight is 358 g/mol. The Labute approximate surface area is 154 Å². The van der Waals surface area contributed by atoms with Crippen molar-refractivity contribution in [3.05, 3.63) is 42.1 Å². The molecule has 1 amide bonds. The van der Waals surface area contributed by atoms with E-state index in [1.54, 1.807) is 6.20 Å². The number of carbonyl (C=O) groups excluding carboxylic acids is 1. The van der Waals surface area contributed by atoms with Gasteiger partial charge < -0.3 is 14.8 Å². The zero-order valence-electron chi connectivity index (χ0n) is 15.3. The van der Waals surface area contributed by atoms with E-state index in [-0.39, 0.29) is 11.9 Å². The van der Waals surface area contributed by atoms with E-state index in [0.29, 0.717) is 31.4 Å². The molecule has 0 saturated heterocycles. The molecule has 0 spiro atoms. The van der Waals surface area contributed by atoms with E-state index < -0.39 is 0 Å². The number of carbonyl (C=O) groups is 1. The van der Waals surface area contributed by atoms with Crippen LogP contribution in [0.25, 0.3) is 0 Å². The minimum absolute atomic E-state index is 0.215. The van der Waals surface area contributed by atoms with Crippen LogP contribution in [0, 0.1) is 0 Å². The number of hydrogen-bond donors (Lipinski definition) is 2. The van der Waals surface area contributed by atoms with Crippen LogP contribution >= 0.6 is 0 Å². The lowest BCUT2D eigenvalue weighted by Gasteiger charge is -2.13. The fourth-order valence-electron chi connectivity index (χ4n) is 2.18. The van der Waals surface area contributed by atoms with Crippen LogP contribution in [0.1, 0.15) is 32.3 Å². The summed E-state index contributed by atoms with van der Waals surface area (Å²) >= 11 is 0. The van der Waals surface area contributed by atoms with Gasteiger partial charge in [0.25, 0.3) is 0 Å². The molecule has 1 aromatic carbocycles. The predicted molar refractivity (Wildman–Crippen MR) is 101 cm³/mol. The topological polar surface area (TPSA) is 85.4 Å². The van der Waals surface area contributed by atoms with E-state index in [1.165, 1.54) is 6.92 Å². The molecular formula is C19H26N4O3. The predicted octanol–water partition coefficient (Wildman–Crippen LogP) is 3.24. The largest absolute Gasteiger partial charge is 0.486 e. The molecule has 0 atom stereocenters. The first kappa shape index (κ1) is 19.7. The Morgan fingerprint density at radius 3 is 2.73 bits per heavy atom. The van der Waals surface area contributed by atoms with Crippen molar-refractivity contribution in [2.45, 2.75) is 33.3 Å².